The first kappa shape index (κ1) is 15.2. The molecule has 0 saturated heterocycles. The first-order valence-electron chi connectivity index (χ1n) is 6.74. The molecule has 0 amide bonds. The van der Waals surface area contributed by atoms with Crippen molar-refractivity contribution in [3.05, 3.63) is 64.4 Å². The van der Waals surface area contributed by atoms with Gasteiger partial charge in [-0.1, -0.05) is 34.1 Å². The van der Waals surface area contributed by atoms with Crippen LogP contribution in [0.15, 0.2) is 53.1 Å². The van der Waals surface area contributed by atoms with Crippen molar-refractivity contribution in [2.24, 2.45) is 5.73 Å². The van der Waals surface area contributed by atoms with Crippen LogP contribution >= 0.6 is 15.9 Å². The summed E-state index contributed by atoms with van der Waals surface area (Å²) in [6, 6.07) is 14.3. The molecule has 2 aromatic rings. The average molecular weight is 334 g/mol. The maximum absolute atomic E-state index is 6.24. The molecule has 0 bridgehead atoms. The molecule has 0 radical (unpaired) electrons. The molecule has 20 heavy (non-hydrogen) atoms. The van der Waals surface area contributed by atoms with E-state index in [2.05, 4.69) is 45.0 Å². The highest BCUT2D eigenvalue weighted by Crippen LogP contribution is 2.19. The molecule has 106 valence electrons. The molecule has 0 saturated carbocycles. The molecular weight excluding hydrogens is 314 g/mol. The highest BCUT2D eigenvalue weighted by molar-refractivity contribution is 9.10. The van der Waals surface area contributed by atoms with E-state index in [4.69, 9.17) is 5.73 Å². The summed E-state index contributed by atoms with van der Waals surface area (Å²) >= 11 is 3.48. The maximum atomic E-state index is 6.24. The van der Waals surface area contributed by atoms with E-state index in [9.17, 15) is 0 Å². The van der Waals surface area contributed by atoms with Gasteiger partial charge in [0.15, 0.2) is 0 Å². The minimum Gasteiger partial charge on any atom is -0.324 e. The van der Waals surface area contributed by atoms with Crippen LogP contribution in [0.1, 0.15) is 23.7 Å². The SMILES string of the molecule is CN(CCC(N)c1cccc(Br)c1)Cc1ccccn1. The fraction of sp³-hybridized carbons (Fsp3) is 0.312. The number of aromatic nitrogens is 1. The van der Waals surface area contributed by atoms with Gasteiger partial charge >= 0.3 is 0 Å². The summed E-state index contributed by atoms with van der Waals surface area (Å²) in [5.41, 5.74) is 8.50. The summed E-state index contributed by atoms with van der Waals surface area (Å²) in [6.07, 6.45) is 2.76. The van der Waals surface area contributed by atoms with E-state index in [1.165, 1.54) is 5.56 Å². The van der Waals surface area contributed by atoms with E-state index in [-0.39, 0.29) is 6.04 Å². The van der Waals surface area contributed by atoms with Gasteiger partial charge in [-0.05, 0) is 43.3 Å². The average Bonchev–Trinajstić information content (AvgIpc) is 2.46. The van der Waals surface area contributed by atoms with Gasteiger partial charge in [0.1, 0.15) is 0 Å². The summed E-state index contributed by atoms with van der Waals surface area (Å²) in [6.45, 7) is 1.80. The number of hydrogen-bond acceptors (Lipinski definition) is 3. The maximum Gasteiger partial charge on any atom is 0.0543 e. The summed E-state index contributed by atoms with van der Waals surface area (Å²) < 4.78 is 1.08. The molecule has 0 fully saturated rings. The van der Waals surface area contributed by atoms with Crippen molar-refractivity contribution in [3.8, 4) is 0 Å². The molecule has 0 spiro atoms. The Balaban J connectivity index is 1.82. The topological polar surface area (TPSA) is 42.1 Å². The van der Waals surface area contributed by atoms with Crippen molar-refractivity contribution in [3.63, 3.8) is 0 Å². The lowest BCUT2D eigenvalue weighted by molar-refractivity contribution is 0.308. The van der Waals surface area contributed by atoms with Gasteiger partial charge in [0.05, 0.1) is 5.69 Å². The van der Waals surface area contributed by atoms with Gasteiger partial charge in [0.25, 0.3) is 0 Å². The van der Waals surface area contributed by atoms with E-state index in [1.54, 1.807) is 0 Å². The zero-order valence-corrected chi connectivity index (χ0v) is 13.3. The number of rotatable bonds is 6. The van der Waals surface area contributed by atoms with Crippen LogP contribution in [-0.4, -0.2) is 23.5 Å². The van der Waals surface area contributed by atoms with E-state index in [0.29, 0.717) is 0 Å². The van der Waals surface area contributed by atoms with Gasteiger partial charge < -0.3 is 10.6 Å². The lowest BCUT2D eigenvalue weighted by atomic mass is 10.0. The molecule has 3 nitrogen and oxygen atoms in total. The van der Waals surface area contributed by atoms with E-state index in [1.807, 2.05) is 36.5 Å². The molecule has 2 N–H and O–H groups in total. The standard InChI is InChI=1S/C16H20BrN3/c1-20(12-15-7-2-3-9-19-15)10-8-16(18)13-5-4-6-14(17)11-13/h2-7,9,11,16H,8,10,12,18H2,1H3. The number of nitrogens with two attached hydrogens (primary N) is 1. The summed E-state index contributed by atoms with van der Waals surface area (Å²) in [5.74, 6) is 0. The number of benzene rings is 1. The van der Waals surface area contributed by atoms with E-state index in [0.717, 1.165) is 29.7 Å². The predicted molar refractivity (Wildman–Crippen MR) is 86.3 cm³/mol. The normalized spacial score (nSPS) is 12.6. The molecule has 1 heterocycles. The number of hydrogen-bond donors (Lipinski definition) is 1. The van der Waals surface area contributed by atoms with Gasteiger partial charge in [0, 0.05) is 29.8 Å². The Bertz CT molecular complexity index is 530. The lowest BCUT2D eigenvalue weighted by Gasteiger charge is -2.19. The smallest absolute Gasteiger partial charge is 0.0543 e. The van der Waals surface area contributed by atoms with Gasteiger partial charge in [0.2, 0.25) is 0 Å². The lowest BCUT2D eigenvalue weighted by Crippen LogP contribution is -2.23. The third-order valence-electron chi connectivity index (χ3n) is 3.26. The first-order chi connectivity index (χ1) is 9.65. The Morgan fingerprint density at radius 1 is 1.25 bits per heavy atom. The van der Waals surface area contributed by atoms with Crippen molar-refractivity contribution in [1.29, 1.82) is 0 Å². The quantitative estimate of drug-likeness (QED) is 0.881. The van der Waals surface area contributed by atoms with Crippen LogP contribution in [0.3, 0.4) is 0 Å². The predicted octanol–water partition coefficient (Wildman–Crippen LogP) is 3.37. The van der Waals surface area contributed by atoms with Crippen LogP contribution in [0.4, 0.5) is 0 Å². The second kappa shape index (κ2) is 7.53. The van der Waals surface area contributed by atoms with Crippen LogP contribution in [0, 0.1) is 0 Å². The number of pyridine rings is 1. The Kier molecular flexibility index (Phi) is 5.71. The third kappa shape index (κ3) is 4.71. The van der Waals surface area contributed by atoms with Crippen molar-refractivity contribution < 1.29 is 0 Å². The number of nitrogens with zero attached hydrogens (tertiary/aromatic N) is 2. The molecule has 1 aromatic heterocycles. The minimum atomic E-state index is 0.0682. The third-order valence-corrected chi connectivity index (χ3v) is 3.75. The Morgan fingerprint density at radius 2 is 2.10 bits per heavy atom. The fourth-order valence-corrected chi connectivity index (χ4v) is 2.53. The molecule has 0 aliphatic carbocycles. The van der Waals surface area contributed by atoms with Crippen LogP contribution in [0.2, 0.25) is 0 Å². The second-order valence-corrected chi connectivity index (χ2v) is 5.92. The zero-order valence-electron chi connectivity index (χ0n) is 11.7. The van der Waals surface area contributed by atoms with Crippen molar-refractivity contribution in [1.82, 2.24) is 9.88 Å². The number of halogens is 1. The Labute approximate surface area is 129 Å². The van der Waals surface area contributed by atoms with E-state index < -0.39 is 0 Å². The molecule has 0 aliphatic heterocycles. The summed E-state index contributed by atoms with van der Waals surface area (Å²) in [5, 5.41) is 0. The highest BCUT2D eigenvalue weighted by Gasteiger charge is 2.08. The van der Waals surface area contributed by atoms with Crippen molar-refractivity contribution in [2.75, 3.05) is 13.6 Å². The second-order valence-electron chi connectivity index (χ2n) is 5.01. The molecular formula is C16H20BrN3. The van der Waals surface area contributed by atoms with Crippen LogP contribution in [0.5, 0.6) is 0 Å². The molecule has 1 unspecified atom stereocenters. The molecule has 2 rings (SSSR count). The van der Waals surface area contributed by atoms with Crippen molar-refractivity contribution in [2.45, 2.75) is 19.0 Å². The van der Waals surface area contributed by atoms with Crippen molar-refractivity contribution >= 4 is 15.9 Å². The van der Waals surface area contributed by atoms with Gasteiger partial charge in [-0.2, -0.15) is 0 Å². The highest BCUT2D eigenvalue weighted by atomic mass is 79.9. The Hall–Kier alpha value is -1.23. The monoisotopic (exact) mass is 333 g/mol. The fourth-order valence-electron chi connectivity index (χ4n) is 2.11. The van der Waals surface area contributed by atoms with Gasteiger partial charge in [-0.15, -0.1) is 0 Å². The molecule has 0 aliphatic rings. The zero-order chi connectivity index (χ0) is 14.4. The summed E-state index contributed by atoms with van der Waals surface area (Å²) in [7, 11) is 2.10. The van der Waals surface area contributed by atoms with Crippen LogP contribution < -0.4 is 5.73 Å². The first-order valence-corrected chi connectivity index (χ1v) is 7.54. The molecule has 4 heteroatoms. The van der Waals surface area contributed by atoms with Gasteiger partial charge in [-0.25, -0.2) is 0 Å². The van der Waals surface area contributed by atoms with Crippen LogP contribution in [0.25, 0.3) is 0 Å². The van der Waals surface area contributed by atoms with Crippen LogP contribution in [-0.2, 0) is 6.54 Å². The van der Waals surface area contributed by atoms with E-state index >= 15 is 0 Å². The van der Waals surface area contributed by atoms with Gasteiger partial charge in [-0.3, -0.25) is 4.98 Å². The Morgan fingerprint density at radius 3 is 2.80 bits per heavy atom. The summed E-state index contributed by atoms with van der Waals surface area (Å²) in [4.78, 5) is 6.59. The molecule has 1 aromatic carbocycles. The largest absolute Gasteiger partial charge is 0.324 e. The molecule has 1 atom stereocenters. The minimum absolute atomic E-state index is 0.0682.